The minimum Gasteiger partial charge on any atom is -0.459 e. The van der Waals surface area contributed by atoms with E-state index >= 15 is 0 Å². The molecule has 27 heavy (non-hydrogen) atoms. The molecule has 1 unspecified atom stereocenters. The van der Waals surface area contributed by atoms with Crippen LogP contribution in [0, 0.1) is 5.41 Å². The Labute approximate surface area is 165 Å². The Kier molecular flexibility index (Phi) is 6.26. The molecule has 0 saturated carbocycles. The summed E-state index contributed by atoms with van der Waals surface area (Å²) in [6.45, 7) is 6.63. The van der Waals surface area contributed by atoms with Gasteiger partial charge in [-0.2, -0.15) is 0 Å². The molecule has 3 rings (SSSR count). The van der Waals surface area contributed by atoms with Crippen LogP contribution in [-0.2, 0) is 27.1 Å². The van der Waals surface area contributed by atoms with Crippen LogP contribution in [0.25, 0.3) is 0 Å². The Morgan fingerprint density at radius 3 is 2.63 bits per heavy atom. The summed E-state index contributed by atoms with van der Waals surface area (Å²) in [5, 5.41) is 2.98. The molecular formula is C21H31NO4S. The van der Waals surface area contributed by atoms with E-state index in [4.69, 9.17) is 9.47 Å². The molecule has 1 fully saturated rings. The highest BCUT2D eigenvalue weighted by Gasteiger charge is 2.45. The Morgan fingerprint density at radius 2 is 1.96 bits per heavy atom. The first-order chi connectivity index (χ1) is 12.8. The van der Waals surface area contributed by atoms with Crippen molar-refractivity contribution >= 4 is 23.2 Å². The number of thiophene rings is 1. The highest BCUT2D eigenvalue weighted by atomic mass is 32.1. The number of aryl methyl sites for hydroxylation is 2. The number of carbonyl (C=O) groups is 2. The van der Waals surface area contributed by atoms with Gasteiger partial charge in [0.15, 0.2) is 0 Å². The average molecular weight is 394 g/mol. The van der Waals surface area contributed by atoms with E-state index in [1.165, 1.54) is 36.1 Å². The summed E-state index contributed by atoms with van der Waals surface area (Å²) >= 11 is 1.61. The lowest BCUT2D eigenvalue weighted by atomic mass is 9.87. The molecule has 0 bridgehead atoms. The molecule has 0 radical (unpaired) electrons. The van der Waals surface area contributed by atoms with Crippen LogP contribution in [0.5, 0.6) is 0 Å². The minimum atomic E-state index is -0.783. The molecule has 2 aliphatic rings. The van der Waals surface area contributed by atoms with Crippen molar-refractivity contribution in [1.29, 1.82) is 0 Å². The monoisotopic (exact) mass is 393 g/mol. The number of amides is 1. The van der Waals surface area contributed by atoms with Crippen molar-refractivity contribution in [2.75, 3.05) is 19.8 Å². The molecule has 150 valence electrons. The lowest BCUT2D eigenvalue weighted by molar-refractivity contribution is -0.167. The number of esters is 1. The van der Waals surface area contributed by atoms with E-state index in [2.05, 4.69) is 5.32 Å². The fourth-order valence-corrected chi connectivity index (χ4v) is 4.83. The molecule has 2 heterocycles. The SMILES string of the molecule is CC(C)(C)OC(=O)C1(CNC(=O)c2cc3c(s2)CCCCCC3)CCOC1. The van der Waals surface area contributed by atoms with Crippen LogP contribution in [0.2, 0.25) is 0 Å². The lowest BCUT2D eigenvalue weighted by Crippen LogP contribution is -2.46. The standard InChI is InChI=1S/C21H31NO4S/c1-20(2,3)26-19(24)21(10-11-25-14-21)13-22-18(23)17-12-15-8-6-4-5-7-9-16(15)27-17/h12H,4-11,13-14H2,1-3H3,(H,22,23). The van der Waals surface area contributed by atoms with E-state index in [9.17, 15) is 9.59 Å². The maximum absolute atomic E-state index is 12.7. The molecule has 1 amide bonds. The number of hydrogen-bond donors (Lipinski definition) is 1. The van der Waals surface area contributed by atoms with E-state index in [-0.39, 0.29) is 18.4 Å². The Bertz CT molecular complexity index is 657. The third-order valence-corrected chi connectivity index (χ3v) is 6.48. The van der Waals surface area contributed by atoms with Crippen LogP contribution in [0.3, 0.4) is 0 Å². The largest absolute Gasteiger partial charge is 0.459 e. The number of nitrogens with one attached hydrogen (secondary N) is 1. The molecule has 1 aliphatic carbocycles. The Hall–Kier alpha value is -1.40. The normalized spacial score (nSPS) is 23.2. The first-order valence-electron chi connectivity index (χ1n) is 10.0. The number of rotatable bonds is 4. The highest BCUT2D eigenvalue weighted by molar-refractivity contribution is 7.14. The van der Waals surface area contributed by atoms with Crippen molar-refractivity contribution in [3.8, 4) is 0 Å². The van der Waals surface area contributed by atoms with Gasteiger partial charge in [-0.1, -0.05) is 12.8 Å². The van der Waals surface area contributed by atoms with Crippen molar-refractivity contribution < 1.29 is 19.1 Å². The molecule has 1 saturated heterocycles. The summed E-state index contributed by atoms with van der Waals surface area (Å²) in [4.78, 5) is 27.6. The zero-order valence-corrected chi connectivity index (χ0v) is 17.5. The minimum absolute atomic E-state index is 0.0958. The molecule has 1 aromatic rings. The van der Waals surface area contributed by atoms with E-state index in [0.717, 1.165) is 17.7 Å². The van der Waals surface area contributed by atoms with Crippen molar-refractivity contribution in [3.63, 3.8) is 0 Å². The zero-order chi connectivity index (χ0) is 19.5. The van der Waals surface area contributed by atoms with Gasteiger partial charge < -0.3 is 14.8 Å². The summed E-state index contributed by atoms with van der Waals surface area (Å²) in [7, 11) is 0. The summed E-state index contributed by atoms with van der Waals surface area (Å²) < 4.78 is 11.1. The van der Waals surface area contributed by atoms with E-state index < -0.39 is 11.0 Å². The zero-order valence-electron chi connectivity index (χ0n) is 16.7. The third-order valence-electron chi connectivity index (χ3n) is 5.24. The van der Waals surface area contributed by atoms with Crippen LogP contribution >= 0.6 is 11.3 Å². The second-order valence-corrected chi connectivity index (χ2v) is 9.88. The molecule has 0 spiro atoms. The smallest absolute Gasteiger partial charge is 0.316 e. The van der Waals surface area contributed by atoms with Crippen molar-refractivity contribution in [3.05, 3.63) is 21.4 Å². The maximum atomic E-state index is 12.7. The molecule has 0 aromatic carbocycles. The lowest BCUT2D eigenvalue weighted by Gasteiger charge is -2.30. The number of carbonyl (C=O) groups excluding carboxylic acids is 2. The van der Waals surface area contributed by atoms with Crippen LogP contribution in [-0.4, -0.2) is 37.2 Å². The second-order valence-electron chi connectivity index (χ2n) is 8.74. The molecule has 6 heteroatoms. The molecule has 1 N–H and O–H groups in total. The number of fused-ring (bicyclic) bond motifs is 1. The molecule has 5 nitrogen and oxygen atoms in total. The molecule has 1 atom stereocenters. The quantitative estimate of drug-likeness (QED) is 0.789. The number of ether oxygens (including phenoxy) is 2. The summed E-state index contributed by atoms with van der Waals surface area (Å²) in [5.74, 6) is -0.382. The van der Waals surface area contributed by atoms with Gasteiger partial charge in [0.25, 0.3) is 5.91 Å². The van der Waals surface area contributed by atoms with Gasteiger partial charge in [0.1, 0.15) is 11.0 Å². The highest BCUT2D eigenvalue weighted by Crippen LogP contribution is 2.32. The van der Waals surface area contributed by atoms with Crippen molar-refractivity contribution in [2.24, 2.45) is 5.41 Å². The van der Waals surface area contributed by atoms with Gasteiger partial charge in [0.05, 0.1) is 11.5 Å². The van der Waals surface area contributed by atoms with Crippen molar-refractivity contribution in [2.45, 2.75) is 71.3 Å². The van der Waals surface area contributed by atoms with Gasteiger partial charge >= 0.3 is 5.97 Å². The fraction of sp³-hybridized carbons (Fsp3) is 0.714. The molecular weight excluding hydrogens is 362 g/mol. The summed E-state index contributed by atoms with van der Waals surface area (Å²) in [5.41, 5.74) is -0.00847. The summed E-state index contributed by atoms with van der Waals surface area (Å²) in [6.07, 6.45) is 7.66. The van der Waals surface area contributed by atoms with Crippen LogP contribution in [0.4, 0.5) is 0 Å². The summed E-state index contributed by atoms with van der Waals surface area (Å²) in [6, 6.07) is 2.05. The number of hydrogen-bond acceptors (Lipinski definition) is 5. The first kappa shape index (κ1) is 20.3. The average Bonchev–Trinajstić information content (AvgIpc) is 3.19. The maximum Gasteiger partial charge on any atom is 0.316 e. The van der Waals surface area contributed by atoms with E-state index in [1.807, 2.05) is 26.8 Å². The predicted octanol–water partition coefficient (Wildman–Crippen LogP) is 3.89. The van der Waals surface area contributed by atoms with E-state index in [1.54, 1.807) is 11.3 Å². The van der Waals surface area contributed by atoms with Crippen LogP contribution in [0.1, 0.15) is 73.0 Å². The second kappa shape index (κ2) is 8.31. The van der Waals surface area contributed by atoms with Crippen molar-refractivity contribution in [1.82, 2.24) is 5.32 Å². The fourth-order valence-electron chi connectivity index (χ4n) is 3.66. The van der Waals surface area contributed by atoms with E-state index in [0.29, 0.717) is 19.6 Å². The van der Waals surface area contributed by atoms with Crippen LogP contribution in [0.15, 0.2) is 6.07 Å². The van der Waals surface area contributed by atoms with Gasteiger partial charge in [0, 0.05) is 18.0 Å². The topological polar surface area (TPSA) is 64.6 Å². The van der Waals surface area contributed by atoms with Crippen LogP contribution < -0.4 is 5.32 Å². The first-order valence-corrected chi connectivity index (χ1v) is 10.8. The molecule has 1 aromatic heterocycles. The Balaban J connectivity index is 1.66. The van der Waals surface area contributed by atoms with Gasteiger partial charge in [-0.25, -0.2) is 0 Å². The van der Waals surface area contributed by atoms with Gasteiger partial charge in [-0.05, 0) is 64.5 Å². The van der Waals surface area contributed by atoms with Gasteiger partial charge in [-0.3, -0.25) is 9.59 Å². The third kappa shape index (κ3) is 5.11. The predicted molar refractivity (Wildman–Crippen MR) is 106 cm³/mol. The van der Waals surface area contributed by atoms with Gasteiger partial charge in [-0.15, -0.1) is 11.3 Å². The Morgan fingerprint density at radius 1 is 1.22 bits per heavy atom. The van der Waals surface area contributed by atoms with Gasteiger partial charge in [0.2, 0.25) is 0 Å². The molecule has 1 aliphatic heterocycles.